The second-order valence-electron chi connectivity index (χ2n) is 6.92. The molecule has 2 aromatic rings. The van der Waals surface area contributed by atoms with E-state index in [-0.39, 0.29) is 11.3 Å². The molecule has 0 saturated carbocycles. The first-order valence-corrected chi connectivity index (χ1v) is 8.74. The predicted octanol–water partition coefficient (Wildman–Crippen LogP) is 3.55. The first-order chi connectivity index (χ1) is 11.6. The van der Waals surface area contributed by atoms with Gasteiger partial charge in [0, 0.05) is 24.4 Å². The van der Waals surface area contributed by atoms with Crippen LogP contribution in [-0.2, 0) is 10.2 Å². The normalized spacial score (nSPS) is 17.3. The van der Waals surface area contributed by atoms with Crippen LogP contribution in [0.2, 0.25) is 0 Å². The molecule has 0 atom stereocenters. The van der Waals surface area contributed by atoms with Crippen LogP contribution < -0.4 is 5.32 Å². The molecule has 2 aromatic carbocycles. The molecule has 0 radical (unpaired) electrons. The summed E-state index contributed by atoms with van der Waals surface area (Å²) in [6.07, 6.45) is 1.45. The number of hydrogen-bond donors (Lipinski definition) is 1. The molecule has 24 heavy (non-hydrogen) atoms. The van der Waals surface area contributed by atoms with Gasteiger partial charge in [-0.3, -0.25) is 10.1 Å². The maximum atomic E-state index is 12.4. The molecule has 3 rings (SSSR count). The Hall–Kier alpha value is -2.13. The first kappa shape index (κ1) is 16.7. The summed E-state index contributed by atoms with van der Waals surface area (Å²) < 4.78 is 0. The van der Waals surface area contributed by atoms with Crippen LogP contribution in [0.4, 0.5) is 0 Å². The van der Waals surface area contributed by atoms with Gasteiger partial charge in [0.25, 0.3) is 0 Å². The molecule has 0 unspecified atom stereocenters. The third-order valence-electron chi connectivity index (χ3n) is 4.92. The van der Waals surface area contributed by atoms with E-state index in [1.165, 1.54) is 11.1 Å². The number of likely N-dealkylation sites (tertiary alicyclic amines) is 1. The van der Waals surface area contributed by atoms with Gasteiger partial charge in [0.1, 0.15) is 0 Å². The monoisotopic (exact) mass is 322 g/mol. The van der Waals surface area contributed by atoms with Gasteiger partial charge in [0.2, 0.25) is 5.91 Å². The SMILES string of the molecule is CC(C)NCN1CC(c2ccccc2)(c2ccccc2)CCC1=O. The lowest BCUT2D eigenvalue weighted by atomic mass is 9.69. The van der Waals surface area contributed by atoms with E-state index in [1.54, 1.807) is 0 Å². The Labute approximate surface area is 144 Å². The Morgan fingerprint density at radius 3 is 2.04 bits per heavy atom. The van der Waals surface area contributed by atoms with Crippen LogP contribution in [0, 0.1) is 0 Å². The highest BCUT2D eigenvalue weighted by atomic mass is 16.2. The van der Waals surface area contributed by atoms with Crippen LogP contribution in [0.3, 0.4) is 0 Å². The molecule has 1 amide bonds. The molecule has 126 valence electrons. The molecule has 1 N–H and O–H groups in total. The maximum Gasteiger partial charge on any atom is 0.223 e. The van der Waals surface area contributed by atoms with Gasteiger partial charge in [-0.15, -0.1) is 0 Å². The number of nitrogens with one attached hydrogen (secondary N) is 1. The van der Waals surface area contributed by atoms with E-state index in [0.29, 0.717) is 19.1 Å². The lowest BCUT2D eigenvalue weighted by Crippen LogP contribution is -2.53. The third-order valence-corrected chi connectivity index (χ3v) is 4.92. The van der Waals surface area contributed by atoms with Crippen LogP contribution in [0.1, 0.15) is 37.8 Å². The summed E-state index contributed by atoms with van der Waals surface area (Å²) in [6, 6.07) is 21.6. The summed E-state index contributed by atoms with van der Waals surface area (Å²) in [5, 5.41) is 3.39. The third kappa shape index (κ3) is 3.36. The molecular weight excluding hydrogens is 296 g/mol. The van der Waals surface area contributed by atoms with Gasteiger partial charge >= 0.3 is 0 Å². The summed E-state index contributed by atoms with van der Waals surface area (Å²) in [5.74, 6) is 0.241. The van der Waals surface area contributed by atoms with Crippen molar-refractivity contribution in [1.29, 1.82) is 0 Å². The Morgan fingerprint density at radius 1 is 1.00 bits per heavy atom. The van der Waals surface area contributed by atoms with Crippen molar-refractivity contribution in [3.05, 3.63) is 71.8 Å². The minimum absolute atomic E-state index is 0.130. The summed E-state index contributed by atoms with van der Waals surface area (Å²) in [4.78, 5) is 14.4. The summed E-state index contributed by atoms with van der Waals surface area (Å²) in [7, 11) is 0. The Morgan fingerprint density at radius 2 is 1.54 bits per heavy atom. The van der Waals surface area contributed by atoms with Crippen molar-refractivity contribution < 1.29 is 4.79 Å². The number of nitrogens with zero attached hydrogens (tertiary/aromatic N) is 1. The summed E-state index contributed by atoms with van der Waals surface area (Å²) in [6.45, 7) is 5.55. The highest BCUT2D eigenvalue weighted by Gasteiger charge is 2.41. The highest BCUT2D eigenvalue weighted by molar-refractivity contribution is 5.78. The quantitative estimate of drug-likeness (QED) is 0.913. The van der Waals surface area contributed by atoms with Gasteiger partial charge in [-0.05, 0) is 31.4 Å². The molecule has 3 nitrogen and oxygen atoms in total. The first-order valence-electron chi connectivity index (χ1n) is 8.74. The van der Waals surface area contributed by atoms with E-state index in [9.17, 15) is 4.79 Å². The minimum atomic E-state index is -0.130. The van der Waals surface area contributed by atoms with E-state index in [2.05, 4.69) is 67.7 Å². The second kappa shape index (κ2) is 7.18. The van der Waals surface area contributed by atoms with Crippen molar-refractivity contribution in [1.82, 2.24) is 10.2 Å². The van der Waals surface area contributed by atoms with E-state index in [4.69, 9.17) is 0 Å². The highest BCUT2D eigenvalue weighted by Crippen LogP contribution is 2.40. The molecule has 0 aliphatic carbocycles. The lowest BCUT2D eigenvalue weighted by molar-refractivity contribution is -0.135. The van der Waals surface area contributed by atoms with Crippen LogP contribution in [0.5, 0.6) is 0 Å². The van der Waals surface area contributed by atoms with Gasteiger partial charge in [-0.2, -0.15) is 0 Å². The number of carbonyl (C=O) groups is 1. The zero-order valence-corrected chi connectivity index (χ0v) is 14.5. The zero-order valence-electron chi connectivity index (χ0n) is 14.5. The average Bonchev–Trinajstić information content (AvgIpc) is 2.62. The summed E-state index contributed by atoms with van der Waals surface area (Å²) >= 11 is 0. The van der Waals surface area contributed by atoms with Gasteiger partial charge in [0.05, 0.1) is 6.67 Å². The van der Waals surface area contributed by atoms with Crippen LogP contribution in [0.15, 0.2) is 60.7 Å². The molecule has 0 bridgehead atoms. The van der Waals surface area contributed by atoms with E-state index in [1.807, 2.05) is 17.0 Å². The smallest absolute Gasteiger partial charge is 0.223 e. The van der Waals surface area contributed by atoms with Crippen LogP contribution in [-0.4, -0.2) is 30.1 Å². The van der Waals surface area contributed by atoms with E-state index in [0.717, 1.165) is 13.0 Å². The number of hydrogen-bond acceptors (Lipinski definition) is 2. The predicted molar refractivity (Wildman–Crippen MR) is 97.7 cm³/mol. The van der Waals surface area contributed by atoms with Gasteiger partial charge in [0.15, 0.2) is 0 Å². The topological polar surface area (TPSA) is 32.3 Å². The van der Waals surface area contributed by atoms with Crippen LogP contribution in [0.25, 0.3) is 0 Å². The molecule has 1 saturated heterocycles. The molecular formula is C21H26N2O. The van der Waals surface area contributed by atoms with E-state index >= 15 is 0 Å². The number of carbonyl (C=O) groups excluding carboxylic acids is 1. The Kier molecular flexibility index (Phi) is 5.00. The molecule has 1 heterocycles. The average molecular weight is 322 g/mol. The lowest BCUT2D eigenvalue weighted by Gasteiger charge is -2.44. The van der Waals surface area contributed by atoms with Crippen LogP contribution >= 0.6 is 0 Å². The fraction of sp³-hybridized carbons (Fsp3) is 0.381. The van der Waals surface area contributed by atoms with Gasteiger partial charge < -0.3 is 4.90 Å². The number of rotatable bonds is 5. The van der Waals surface area contributed by atoms with Crippen molar-refractivity contribution in [3.63, 3.8) is 0 Å². The van der Waals surface area contributed by atoms with Gasteiger partial charge in [-0.1, -0.05) is 60.7 Å². The van der Waals surface area contributed by atoms with Crippen molar-refractivity contribution >= 4 is 5.91 Å². The second-order valence-corrected chi connectivity index (χ2v) is 6.92. The standard InChI is InChI=1S/C21H26N2O/c1-17(2)22-16-23-15-21(14-13-20(23)24,18-9-5-3-6-10-18)19-11-7-4-8-12-19/h3-12,17,22H,13-16H2,1-2H3. The van der Waals surface area contributed by atoms with Crippen molar-refractivity contribution in [2.75, 3.05) is 13.2 Å². The number of amides is 1. The molecule has 0 aromatic heterocycles. The number of benzene rings is 2. The van der Waals surface area contributed by atoms with Crippen molar-refractivity contribution in [3.8, 4) is 0 Å². The number of piperidine rings is 1. The van der Waals surface area contributed by atoms with Gasteiger partial charge in [-0.25, -0.2) is 0 Å². The molecule has 1 aliphatic rings. The molecule has 0 spiro atoms. The Balaban J connectivity index is 1.98. The van der Waals surface area contributed by atoms with Crippen molar-refractivity contribution in [2.45, 2.75) is 38.1 Å². The Bertz CT molecular complexity index is 627. The van der Waals surface area contributed by atoms with Crippen molar-refractivity contribution in [2.24, 2.45) is 0 Å². The minimum Gasteiger partial charge on any atom is -0.329 e. The molecule has 3 heteroatoms. The summed E-state index contributed by atoms with van der Waals surface area (Å²) in [5.41, 5.74) is 2.45. The maximum absolute atomic E-state index is 12.4. The van der Waals surface area contributed by atoms with E-state index < -0.39 is 0 Å². The molecule has 1 fully saturated rings. The fourth-order valence-corrected chi connectivity index (χ4v) is 3.56. The largest absolute Gasteiger partial charge is 0.329 e. The fourth-order valence-electron chi connectivity index (χ4n) is 3.56. The zero-order chi connectivity index (χ0) is 17.0. The molecule has 1 aliphatic heterocycles.